The van der Waals surface area contributed by atoms with Gasteiger partial charge < -0.3 is 15.7 Å². The maximum absolute atomic E-state index is 10.6. The molecule has 0 amide bonds. The van der Waals surface area contributed by atoms with E-state index in [1.165, 1.54) is 16.7 Å². The monoisotopic (exact) mass is 250 g/mol. The molecule has 3 N–H and O–H groups in total. The second-order valence-corrected chi connectivity index (χ2v) is 4.96. The summed E-state index contributed by atoms with van der Waals surface area (Å²) < 4.78 is 0. The Morgan fingerprint density at radius 3 is 2.39 bits per heavy atom. The first kappa shape index (κ1) is 14.5. The second kappa shape index (κ2) is 5.87. The number of aliphatic carboxylic acids is 1. The van der Waals surface area contributed by atoms with Gasteiger partial charge in [0.15, 0.2) is 0 Å². The zero-order valence-electron chi connectivity index (χ0n) is 11.5. The maximum atomic E-state index is 10.6. The Bertz CT molecular complexity index is 444. The lowest BCUT2D eigenvalue weighted by atomic mass is 10.0. The summed E-state index contributed by atoms with van der Waals surface area (Å²) in [5.41, 5.74) is 10.6. The van der Waals surface area contributed by atoms with Crippen molar-refractivity contribution in [1.82, 2.24) is 0 Å². The average Bonchev–Trinajstić information content (AvgIpc) is 2.21. The molecule has 4 heteroatoms. The van der Waals surface area contributed by atoms with E-state index in [0.29, 0.717) is 6.54 Å². The molecule has 0 heterocycles. The molecule has 0 bridgehead atoms. The van der Waals surface area contributed by atoms with Gasteiger partial charge >= 0.3 is 5.97 Å². The predicted octanol–water partition coefficient (Wildman–Crippen LogP) is 1.85. The Hall–Kier alpha value is -1.55. The molecule has 0 radical (unpaired) electrons. The average molecular weight is 250 g/mol. The summed E-state index contributed by atoms with van der Waals surface area (Å²) in [6, 6.07) is 3.91. The molecule has 0 aliphatic carbocycles. The molecule has 0 saturated heterocycles. The number of carboxylic acid groups (broad SMARTS) is 1. The molecule has 0 fully saturated rings. The van der Waals surface area contributed by atoms with Crippen molar-refractivity contribution in [3.63, 3.8) is 0 Å². The quantitative estimate of drug-likeness (QED) is 0.837. The van der Waals surface area contributed by atoms with Crippen LogP contribution in [0.25, 0.3) is 0 Å². The third-order valence-electron chi connectivity index (χ3n) is 3.17. The summed E-state index contributed by atoms with van der Waals surface area (Å²) in [6.45, 7) is 6.75. The van der Waals surface area contributed by atoms with E-state index in [0.717, 1.165) is 5.69 Å². The SMILES string of the molecule is Cc1cc(C)c(N(C)CC(N)CC(=O)O)cc1C. The molecule has 0 spiro atoms. The largest absolute Gasteiger partial charge is 0.481 e. The number of anilines is 1. The Labute approximate surface area is 108 Å². The van der Waals surface area contributed by atoms with Gasteiger partial charge in [-0.05, 0) is 43.5 Å². The normalized spacial score (nSPS) is 12.3. The summed E-state index contributed by atoms with van der Waals surface area (Å²) in [5.74, 6) is -0.854. The first-order chi connectivity index (χ1) is 8.31. The van der Waals surface area contributed by atoms with Crippen LogP contribution in [0.2, 0.25) is 0 Å². The van der Waals surface area contributed by atoms with Crippen LogP contribution in [0.15, 0.2) is 12.1 Å². The molecule has 1 unspecified atom stereocenters. The molecule has 4 nitrogen and oxygen atoms in total. The summed E-state index contributed by atoms with van der Waals surface area (Å²) in [6.07, 6.45) is -0.00572. The first-order valence-corrected chi connectivity index (χ1v) is 6.07. The van der Waals surface area contributed by atoms with Crippen molar-refractivity contribution >= 4 is 11.7 Å². The number of aryl methyl sites for hydroxylation is 3. The van der Waals surface area contributed by atoms with Gasteiger partial charge in [-0.3, -0.25) is 4.79 Å². The van der Waals surface area contributed by atoms with Gasteiger partial charge in [-0.15, -0.1) is 0 Å². The lowest BCUT2D eigenvalue weighted by Crippen LogP contribution is -2.37. The summed E-state index contributed by atoms with van der Waals surface area (Å²) in [5, 5.41) is 8.70. The minimum Gasteiger partial charge on any atom is -0.481 e. The summed E-state index contributed by atoms with van der Waals surface area (Å²) in [7, 11) is 1.94. The van der Waals surface area contributed by atoms with Gasteiger partial charge in [-0.1, -0.05) is 6.07 Å². The smallest absolute Gasteiger partial charge is 0.304 e. The lowest BCUT2D eigenvalue weighted by Gasteiger charge is -2.25. The van der Waals surface area contributed by atoms with E-state index in [2.05, 4.69) is 32.9 Å². The van der Waals surface area contributed by atoms with Crippen LogP contribution < -0.4 is 10.6 Å². The predicted molar refractivity (Wildman–Crippen MR) is 74.2 cm³/mol. The van der Waals surface area contributed by atoms with Crippen molar-refractivity contribution in [2.45, 2.75) is 33.2 Å². The van der Waals surface area contributed by atoms with Crippen LogP contribution in [0, 0.1) is 20.8 Å². The topological polar surface area (TPSA) is 66.6 Å². The van der Waals surface area contributed by atoms with Gasteiger partial charge in [-0.25, -0.2) is 0 Å². The van der Waals surface area contributed by atoms with E-state index in [1.54, 1.807) is 0 Å². The van der Waals surface area contributed by atoms with Crippen LogP contribution in [-0.4, -0.2) is 30.7 Å². The Morgan fingerprint density at radius 1 is 1.28 bits per heavy atom. The molecule has 1 aromatic carbocycles. The molecule has 1 rings (SSSR count). The molecule has 0 aromatic heterocycles. The number of hydrogen-bond donors (Lipinski definition) is 2. The molecule has 1 atom stereocenters. The van der Waals surface area contributed by atoms with Crippen LogP contribution in [0.5, 0.6) is 0 Å². The van der Waals surface area contributed by atoms with Gasteiger partial charge in [0.05, 0.1) is 6.42 Å². The van der Waals surface area contributed by atoms with Gasteiger partial charge in [0, 0.05) is 25.3 Å². The highest BCUT2D eigenvalue weighted by Crippen LogP contribution is 2.23. The Kier molecular flexibility index (Phi) is 4.73. The van der Waals surface area contributed by atoms with Gasteiger partial charge in [-0.2, -0.15) is 0 Å². The van der Waals surface area contributed by atoms with Crippen LogP contribution in [0.4, 0.5) is 5.69 Å². The van der Waals surface area contributed by atoms with E-state index in [1.807, 2.05) is 11.9 Å². The van der Waals surface area contributed by atoms with Crippen LogP contribution >= 0.6 is 0 Å². The highest BCUT2D eigenvalue weighted by molar-refractivity contribution is 5.67. The van der Waals surface area contributed by atoms with Gasteiger partial charge in [0.2, 0.25) is 0 Å². The number of rotatable bonds is 5. The highest BCUT2D eigenvalue weighted by Gasteiger charge is 2.13. The second-order valence-electron chi connectivity index (χ2n) is 4.96. The van der Waals surface area contributed by atoms with Crippen LogP contribution in [0.1, 0.15) is 23.1 Å². The minimum absolute atomic E-state index is 0.00572. The first-order valence-electron chi connectivity index (χ1n) is 6.07. The number of hydrogen-bond acceptors (Lipinski definition) is 3. The molecular formula is C14H22N2O2. The number of nitrogens with zero attached hydrogens (tertiary/aromatic N) is 1. The fraction of sp³-hybridized carbons (Fsp3) is 0.500. The Morgan fingerprint density at radius 2 is 1.83 bits per heavy atom. The molecular weight excluding hydrogens is 228 g/mol. The van der Waals surface area contributed by atoms with Crippen molar-refractivity contribution < 1.29 is 9.90 Å². The fourth-order valence-electron chi connectivity index (χ4n) is 2.10. The molecule has 100 valence electrons. The standard InChI is InChI=1S/C14H22N2O2/c1-9-5-11(3)13(6-10(9)2)16(4)8-12(15)7-14(17)18/h5-6,12H,7-8,15H2,1-4H3,(H,17,18). The lowest BCUT2D eigenvalue weighted by molar-refractivity contribution is -0.137. The molecule has 0 aliphatic rings. The number of benzene rings is 1. The third kappa shape index (κ3) is 3.74. The Balaban J connectivity index is 2.81. The van der Waals surface area contributed by atoms with E-state index in [-0.39, 0.29) is 12.5 Å². The summed E-state index contributed by atoms with van der Waals surface area (Å²) in [4.78, 5) is 12.6. The van der Waals surface area contributed by atoms with Crippen molar-refractivity contribution in [1.29, 1.82) is 0 Å². The fourth-order valence-corrected chi connectivity index (χ4v) is 2.10. The maximum Gasteiger partial charge on any atom is 0.304 e. The van der Waals surface area contributed by atoms with E-state index in [9.17, 15) is 4.79 Å². The molecule has 0 saturated carbocycles. The van der Waals surface area contributed by atoms with Crippen LogP contribution in [0.3, 0.4) is 0 Å². The minimum atomic E-state index is -0.854. The van der Waals surface area contributed by atoms with Gasteiger partial charge in [0.25, 0.3) is 0 Å². The zero-order valence-corrected chi connectivity index (χ0v) is 11.5. The van der Waals surface area contributed by atoms with E-state index < -0.39 is 5.97 Å². The zero-order chi connectivity index (χ0) is 13.9. The highest BCUT2D eigenvalue weighted by atomic mass is 16.4. The summed E-state index contributed by atoms with van der Waals surface area (Å²) >= 11 is 0. The van der Waals surface area contributed by atoms with Crippen LogP contribution in [-0.2, 0) is 4.79 Å². The molecule has 0 aliphatic heterocycles. The number of carbonyl (C=O) groups is 1. The van der Waals surface area contributed by atoms with E-state index in [4.69, 9.17) is 10.8 Å². The van der Waals surface area contributed by atoms with Crippen molar-refractivity contribution in [2.24, 2.45) is 5.73 Å². The van der Waals surface area contributed by atoms with Crippen molar-refractivity contribution in [2.75, 3.05) is 18.5 Å². The van der Waals surface area contributed by atoms with Crippen molar-refractivity contribution in [3.05, 3.63) is 28.8 Å². The van der Waals surface area contributed by atoms with E-state index >= 15 is 0 Å². The number of likely N-dealkylation sites (N-methyl/N-ethyl adjacent to an activating group) is 1. The molecule has 1 aromatic rings. The molecule has 18 heavy (non-hydrogen) atoms. The van der Waals surface area contributed by atoms with Gasteiger partial charge in [0.1, 0.15) is 0 Å². The third-order valence-corrected chi connectivity index (χ3v) is 3.17. The number of carboxylic acids is 1. The van der Waals surface area contributed by atoms with Crippen molar-refractivity contribution in [3.8, 4) is 0 Å². The number of nitrogens with two attached hydrogens (primary N) is 1.